The Bertz CT molecular complexity index is 286. The second-order valence-corrected chi connectivity index (χ2v) is 4.35. The van der Waals surface area contributed by atoms with E-state index in [0.717, 1.165) is 0 Å². The Morgan fingerprint density at radius 2 is 1.27 bits per heavy atom. The molecule has 0 saturated carbocycles. The Hall–Kier alpha value is -1.25. The highest BCUT2D eigenvalue weighted by atomic mass is 19.1. The Labute approximate surface area is 129 Å². The predicted molar refractivity (Wildman–Crippen MR) is 75.5 cm³/mol. The van der Waals surface area contributed by atoms with Crippen LogP contribution in [-0.4, -0.2) is 70.0 Å². The monoisotopic (exact) mass is 324 g/mol. The van der Waals surface area contributed by atoms with Gasteiger partial charge in [0.15, 0.2) is 0 Å². The van der Waals surface area contributed by atoms with E-state index in [0.29, 0.717) is 39.3 Å². The molecule has 130 valence electrons. The number of aliphatic carboxylic acids is 1. The molecule has 0 rings (SSSR count). The SMILES string of the molecule is O=C(O)CCCCC(=O)OCCOCCOCCOCCF. The van der Waals surface area contributed by atoms with E-state index in [1.165, 1.54) is 0 Å². The van der Waals surface area contributed by atoms with Gasteiger partial charge in [-0.3, -0.25) is 9.59 Å². The number of alkyl halides is 1. The van der Waals surface area contributed by atoms with Crippen molar-refractivity contribution in [2.75, 3.05) is 52.9 Å². The quantitative estimate of drug-likeness (QED) is 0.337. The molecule has 0 aromatic rings. The van der Waals surface area contributed by atoms with Gasteiger partial charge in [-0.15, -0.1) is 0 Å². The maximum atomic E-state index is 11.7. The van der Waals surface area contributed by atoms with E-state index in [1.54, 1.807) is 0 Å². The van der Waals surface area contributed by atoms with E-state index in [2.05, 4.69) is 0 Å². The standard InChI is InChI=1S/C14H25FO7/c15-5-6-19-7-8-20-9-10-21-11-12-22-14(18)4-2-1-3-13(16)17/h1-12H2,(H,16,17). The lowest BCUT2D eigenvalue weighted by Crippen LogP contribution is -2.14. The average molecular weight is 324 g/mol. The summed E-state index contributed by atoms with van der Waals surface area (Å²) in [4.78, 5) is 21.5. The van der Waals surface area contributed by atoms with Gasteiger partial charge in [-0.1, -0.05) is 0 Å². The second kappa shape index (κ2) is 16.1. The van der Waals surface area contributed by atoms with Crippen molar-refractivity contribution in [1.29, 1.82) is 0 Å². The average Bonchev–Trinajstić information content (AvgIpc) is 2.49. The third-order valence-electron chi connectivity index (χ3n) is 2.48. The molecule has 0 fully saturated rings. The van der Waals surface area contributed by atoms with Crippen molar-refractivity contribution >= 4 is 11.9 Å². The predicted octanol–water partition coefficient (Wildman–Crippen LogP) is 1.19. The molecule has 0 aliphatic rings. The number of rotatable bonds is 16. The van der Waals surface area contributed by atoms with Crippen LogP contribution in [0.2, 0.25) is 0 Å². The van der Waals surface area contributed by atoms with E-state index < -0.39 is 12.6 Å². The zero-order valence-electron chi connectivity index (χ0n) is 12.8. The first-order valence-electron chi connectivity index (χ1n) is 7.33. The van der Waals surface area contributed by atoms with Crippen LogP contribution in [0.15, 0.2) is 0 Å². The summed E-state index contributed by atoms with van der Waals surface area (Å²) in [6, 6.07) is 0. The van der Waals surface area contributed by atoms with Crippen LogP contribution in [0.5, 0.6) is 0 Å². The summed E-state index contributed by atoms with van der Waals surface area (Å²) in [6.45, 7) is 1.53. The number of ether oxygens (including phenoxy) is 4. The molecule has 0 atom stereocenters. The van der Waals surface area contributed by atoms with Gasteiger partial charge >= 0.3 is 11.9 Å². The zero-order chi connectivity index (χ0) is 16.5. The highest BCUT2D eigenvalue weighted by Crippen LogP contribution is 2.01. The summed E-state index contributed by atoms with van der Waals surface area (Å²) >= 11 is 0. The lowest BCUT2D eigenvalue weighted by molar-refractivity contribution is -0.146. The number of hydrogen-bond donors (Lipinski definition) is 1. The maximum Gasteiger partial charge on any atom is 0.305 e. The van der Waals surface area contributed by atoms with Crippen molar-refractivity contribution in [2.45, 2.75) is 25.7 Å². The summed E-state index contributed by atoms with van der Waals surface area (Å²) in [6.07, 6.45) is 1.25. The van der Waals surface area contributed by atoms with Gasteiger partial charge in [0.05, 0.1) is 39.6 Å². The molecule has 1 N–H and O–H groups in total. The maximum absolute atomic E-state index is 11.7. The number of halogens is 1. The molecule has 8 heteroatoms. The minimum atomic E-state index is -0.863. The van der Waals surface area contributed by atoms with Crippen LogP contribution in [0.4, 0.5) is 4.39 Å². The van der Waals surface area contributed by atoms with Crippen molar-refractivity contribution in [3.05, 3.63) is 0 Å². The molecule has 0 aromatic carbocycles. The van der Waals surface area contributed by atoms with E-state index >= 15 is 0 Å². The lowest BCUT2D eigenvalue weighted by atomic mass is 10.2. The third-order valence-corrected chi connectivity index (χ3v) is 2.48. The minimum Gasteiger partial charge on any atom is -0.481 e. The molecule has 0 bridgehead atoms. The van der Waals surface area contributed by atoms with Gasteiger partial charge in [-0.25, -0.2) is 4.39 Å². The van der Waals surface area contributed by atoms with E-state index in [-0.39, 0.29) is 38.6 Å². The molecule has 0 saturated heterocycles. The fourth-order valence-electron chi connectivity index (χ4n) is 1.43. The summed E-state index contributed by atoms with van der Waals surface area (Å²) in [5, 5.41) is 8.43. The smallest absolute Gasteiger partial charge is 0.305 e. The topological polar surface area (TPSA) is 91.3 Å². The van der Waals surface area contributed by atoms with E-state index in [4.69, 9.17) is 24.1 Å². The molecule has 0 aliphatic carbocycles. The van der Waals surface area contributed by atoms with Gasteiger partial charge in [-0.2, -0.15) is 0 Å². The molecule has 22 heavy (non-hydrogen) atoms. The fraction of sp³-hybridized carbons (Fsp3) is 0.857. The van der Waals surface area contributed by atoms with Gasteiger partial charge in [0, 0.05) is 12.8 Å². The Morgan fingerprint density at radius 1 is 0.773 bits per heavy atom. The first kappa shape index (κ1) is 20.8. The third kappa shape index (κ3) is 16.8. The van der Waals surface area contributed by atoms with Crippen LogP contribution in [0.1, 0.15) is 25.7 Å². The van der Waals surface area contributed by atoms with Crippen LogP contribution >= 0.6 is 0 Å². The lowest BCUT2D eigenvalue weighted by Gasteiger charge is -2.07. The van der Waals surface area contributed by atoms with Crippen LogP contribution in [0.3, 0.4) is 0 Å². The Kier molecular flexibility index (Phi) is 15.2. The largest absolute Gasteiger partial charge is 0.481 e. The number of unbranched alkanes of at least 4 members (excludes halogenated alkanes) is 1. The summed E-state index contributed by atoms with van der Waals surface area (Å²) < 4.78 is 31.8. The molecule has 0 spiro atoms. The Morgan fingerprint density at radius 3 is 1.82 bits per heavy atom. The number of carboxylic acids is 1. The number of hydrogen-bond acceptors (Lipinski definition) is 6. The molecule has 0 unspecified atom stereocenters. The molecule has 0 aliphatic heterocycles. The first-order valence-corrected chi connectivity index (χ1v) is 7.33. The number of carboxylic acid groups (broad SMARTS) is 1. The number of esters is 1. The van der Waals surface area contributed by atoms with E-state index in [1.807, 2.05) is 0 Å². The molecule has 0 radical (unpaired) electrons. The summed E-state index contributed by atoms with van der Waals surface area (Å²) in [5.41, 5.74) is 0. The van der Waals surface area contributed by atoms with Gasteiger partial charge in [0.1, 0.15) is 13.3 Å². The second-order valence-electron chi connectivity index (χ2n) is 4.35. The van der Waals surface area contributed by atoms with Crippen LogP contribution in [0.25, 0.3) is 0 Å². The molecule has 7 nitrogen and oxygen atoms in total. The number of carbonyl (C=O) groups excluding carboxylic acids is 1. The molecule has 0 heterocycles. The van der Waals surface area contributed by atoms with Crippen molar-refractivity contribution in [1.82, 2.24) is 0 Å². The van der Waals surface area contributed by atoms with Gasteiger partial charge < -0.3 is 24.1 Å². The molecule has 0 amide bonds. The molecule has 0 aromatic heterocycles. The number of carbonyl (C=O) groups is 2. The van der Waals surface area contributed by atoms with Crippen LogP contribution in [0, 0.1) is 0 Å². The van der Waals surface area contributed by atoms with Crippen LogP contribution in [-0.2, 0) is 28.5 Å². The summed E-state index contributed by atoms with van der Waals surface area (Å²) in [5.74, 6) is -1.21. The highest BCUT2D eigenvalue weighted by molar-refractivity contribution is 5.69. The highest BCUT2D eigenvalue weighted by Gasteiger charge is 2.04. The fourth-order valence-corrected chi connectivity index (χ4v) is 1.43. The van der Waals surface area contributed by atoms with Crippen molar-refractivity contribution < 1.29 is 38.0 Å². The normalized spacial score (nSPS) is 10.6. The van der Waals surface area contributed by atoms with Crippen molar-refractivity contribution in [2.24, 2.45) is 0 Å². The molecular formula is C14H25FO7. The van der Waals surface area contributed by atoms with Crippen molar-refractivity contribution in [3.8, 4) is 0 Å². The molecular weight excluding hydrogens is 299 g/mol. The Balaban J connectivity index is 3.15. The van der Waals surface area contributed by atoms with Gasteiger partial charge in [-0.05, 0) is 12.8 Å². The van der Waals surface area contributed by atoms with E-state index in [9.17, 15) is 14.0 Å². The summed E-state index contributed by atoms with van der Waals surface area (Å²) in [7, 11) is 0. The van der Waals surface area contributed by atoms with Gasteiger partial charge in [0.25, 0.3) is 0 Å². The minimum absolute atomic E-state index is 0.0647. The first-order chi connectivity index (χ1) is 10.7. The van der Waals surface area contributed by atoms with Gasteiger partial charge in [0.2, 0.25) is 0 Å². The zero-order valence-corrected chi connectivity index (χ0v) is 12.8. The van der Waals surface area contributed by atoms with Crippen LogP contribution < -0.4 is 0 Å². The van der Waals surface area contributed by atoms with Crippen molar-refractivity contribution in [3.63, 3.8) is 0 Å².